The van der Waals surface area contributed by atoms with Crippen molar-refractivity contribution in [2.75, 3.05) is 0 Å². The highest BCUT2D eigenvalue weighted by molar-refractivity contribution is 6.08. The second-order valence-corrected chi connectivity index (χ2v) is 13.0. The van der Waals surface area contributed by atoms with Crippen LogP contribution < -0.4 is 0 Å². The largest absolute Gasteiger partial charge is 0.260 e. The zero-order chi connectivity index (χ0) is 33.6. The average molecular weight is 644 g/mol. The molecule has 0 amide bonds. The van der Waals surface area contributed by atoms with Crippen LogP contribution >= 0.6 is 0 Å². The summed E-state index contributed by atoms with van der Waals surface area (Å²) in [7, 11) is 0. The first-order chi connectivity index (χ1) is 24.6. The van der Waals surface area contributed by atoms with Gasteiger partial charge in [0.05, 0.1) is 28.1 Å². The quantitative estimate of drug-likeness (QED) is 0.175. The number of dihydropyridines is 1. The fraction of sp³-hybridized carbons (Fsp3) is 0.0889. The number of hydrogen-bond acceptors (Lipinski definition) is 5. The number of rotatable bonds is 5. The lowest BCUT2D eigenvalue weighted by Crippen LogP contribution is -2.08. The van der Waals surface area contributed by atoms with Crippen LogP contribution in [0.5, 0.6) is 0 Å². The SMILES string of the molecule is Cc1ccc2ccc3c(-c4ccc(-c5cc(-c6ccccc6)nc(-c6cccc(C7=C8N=CC=CC8CC=C7)c6)n5)cc4)cc(C)nc3c2n1. The third kappa shape index (κ3) is 5.43. The molecule has 9 rings (SSSR count). The van der Waals surface area contributed by atoms with Crippen LogP contribution in [0.25, 0.3) is 72.4 Å². The van der Waals surface area contributed by atoms with Gasteiger partial charge in [-0.15, -0.1) is 0 Å². The van der Waals surface area contributed by atoms with Gasteiger partial charge in [-0.3, -0.25) is 15.0 Å². The lowest BCUT2D eigenvalue weighted by atomic mass is 9.87. The molecule has 238 valence electrons. The van der Waals surface area contributed by atoms with Crippen molar-refractivity contribution in [1.29, 1.82) is 0 Å². The Kier molecular flexibility index (Phi) is 7.32. The maximum absolute atomic E-state index is 5.17. The average Bonchev–Trinajstić information content (AvgIpc) is 3.17. The number of allylic oxidation sites excluding steroid dienone is 5. The summed E-state index contributed by atoms with van der Waals surface area (Å²) in [6.07, 6.45) is 11.6. The summed E-state index contributed by atoms with van der Waals surface area (Å²) < 4.78 is 0. The lowest BCUT2D eigenvalue weighted by Gasteiger charge is -2.22. The molecule has 5 heteroatoms. The van der Waals surface area contributed by atoms with Crippen LogP contribution in [-0.4, -0.2) is 26.2 Å². The zero-order valence-electron chi connectivity index (χ0n) is 27.9. The topological polar surface area (TPSA) is 63.9 Å². The highest BCUT2D eigenvalue weighted by atomic mass is 14.9. The first-order valence-electron chi connectivity index (χ1n) is 17.0. The number of nitrogens with zero attached hydrogens (tertiary/aromatic N) is 5. The summed E-state index contributed by atoms with van der Waals surface area (Å²) in [4.78, 5) is 24.8. The van der Waals surface area contributed by atoms with Crippen LogP contribution in [0.2, 0.25) is 0 Å². The van der Waals surface area contributed by atoms with E-state index in [1.165, 1.54) is 0 Å². The molecular weight excluding hydrogens is 611 g/mol. The summed E-state index contributed by atoms with van der Waals surface area (Å²) in [6, 6.07) is 40.3. The molecule has 1 unspecified atom stereocenters. The molecule has 1 aliphatic heterocycles. The highest BCUT2D eigenvalue weighted by Crippen LogP contribution is 2.37. The minimum Gasteiger partial charge on any atom is -0.260 e. The molecule has 0 fully saturated rings. The predicted molar refractivity (Wildman–Crippen MR) is 206 cm³/mol. The van der Waals surface area contributed by atoms with Gasteiger partial charge in [0, 0.05) is 56.6 Å². The van der Waals surface area contributed by atoms with Crippen LogP contribution in [0, 0.1) is 19.8 Å². The van der Waals surface area contributed by atoms with Crippen molar-refractivity contribution in [2.24, 2.45) is 10.9 Å². The van der Waals surface area contributed by atoms with E-state index in [-0.39, 0.29) is 0 Å². The Morgan fingerprint density at radius 1 is 0.580 bits per heavy atom. The van der Waals surface area contributed by atoms with Crippen molar-refractivity contribution >= 4 is 33.6 Å². The first kappa shape index (κ1) is 29.8. The molecule has 0 N–H and O–H groups in total. The normalized spacial score (nSPS) is 15.2. The van der Waals surface area contributed by atoms with Gasteiger partial charge in [0.25, 0.3) is 0 Å². The van der Waals surface area contributed by atoms with Crippen molar-refractivity contribution in [1.82, 2.24) is 19.9 Å². The Morgan fingerprint density at radius 3 is 2.14 bits per heavy atom. The van der Waals surface area contributed by atoms with Gasteiger partial charge >= 0.3 is 0 Å². The molecular formula is C45H33N5. The van der Waals surface area contributed by atoms with Crippen molar-refractivity contribution < 1.29 is 0 Å². The van der Waals surface area contributed by atoms with Crippen LogP contribution in [-0.2, 0) is 0 Å². The molecule has 4 aromatic carbocycles. The molecule has 5 nitrogen and oxygen atoms in total. The van der Waals surface area contributed by atoms with Gasteiger partial charge in [0.15, 0.2) is 5.82 Å². The summed E-state index contributed by atoms with van der Waals surface area (Å²) in [6.45, 7) is 4.07. The number of hydrogen-bond donors (Lipinski definition) is 0. The number of fused-ring (bicyclic) bond motifs is 4. The summed E-state index contributed by atoms with van der Waals surface area (Å²) in [5, 5.41) is 2.19. The van der Waals surface area contributed by atoms with Gasteiger partial charge in [0.2, 0.25) is 0 Å². The Balaban J connectivity index is 1.14. The number of pyridine rings is 2. The van der Waals surface area contributed by atoms with E-state index in [9.17, 15) is 0 Å². The van der Waals surface area contributed by atoms with E-state index in [0.29, 0.717) is 11.7 Å². The van der Waals surface area contributed by atoms with E-state index in [4.69, 9.17) is 24.9 Å². The number of benzene rings is 4. The third-order valence-corrected chi connectivity index (χ3v) is 9.57. The van der Waals surface area contributed by atoms with Gasteiger partial charge in [0.1, 0.15) is 0 Å². The molecule has 2 aliphatic rings. The maximum Gasteiger partial charge on any atom is 0.160 e. The number of aromatic nitrogens is 4. The molecule has 3 aromatic heterocycles. The molecule has 0 saturated carbocycles. The Labute approximate surface area is 291 Å². The fourth-order valence-corrected chi connectivity index (χ4v) is 7.08. The fourth-order valence-electron chi connectivity index (χ4n) is 7.08. The Hall–Kier alpha value is -6.33. The summed E-state index contributed by atoms with van der Waals surface area (Å²) >= 11 is 0. The molecule has 7 aromatic rings. The Morgan fingerprint density at radius 2 is 1.30 bits per heavy atom. The van der Waals surface area contributed by atoms with Gasteiger partial charge in [-0.1, -0.05) is 109 Å². The minimum absolute atomic E-state index is 0.310. The number of aliphatic imine (C=N–C) groups is 1. The van der Waals surface area contributed by atoms with Crippen molar-refractivity contribution in [3.8, 4) is 45.0 Å². The standard InChI is InChI=1S/C45H33N5/c1-28-16-17-34-22-23-38-39(25-29(2)48-44(38)43(34)47-28)30-18-20-32(21-19-30)41-27-40(31-9-4-3-5-10-31)49-45(50-41)36-13-6-12-35(26-36)37-15-7-11-33-14-8-24-46-42(33)37/h3-10,12-27,33H,11H2,1-2H3. The van der Waals surface area contributed by atoms with Gasteiger partial charge < -0.3 is 0 Å². The second-order valence-electron chi connectivity index (χ2n) is 13.0. The summed E-state index contributed by atoms with van der Waals surface area (Å²) in [5.41, 5.74) is 14.2. The molecule has 0 radical (unpaired) electrons. The van der Waals surface area contributed by atoms with Crippen LogP contribution in [0.4, 0.5) is 0 Å². The minimum atomic E-state index is 0.310. The highest BCUT2D eigenvalue weighted by Gasteiger charge is 2.21. The van der Waals surface area contributed by atoms with Crippen LogP contribution in [0.15, 0.2) is 150 Å². The molecule has 0 bridgehead atoms. The smallest absolute Gasteiger partial charge is 0.160 e. The van der Waals surface area contributed by atoms with E-state index in [1.54, 1.807) is 0 Å². The van der Waals surface area contributed by atoms with Crippen molar-refractivity contribution in [3.63, 3.8) is 0 Å². The molecule has 0 saturated heterocycles. The van der Waals surface area contributed by atoms with Crippen molar-refractivity contribution in [2.45, 2.75) is 20.3 Å². The van der Waals surface area contributed by atoms with Crippen LogP contribution in [0.1, 0.15) is 23.4 Å². The van der Waals surface area contributed by atoms with E-state index in [1.807, 2.05) is 50.4 Å². The predicted octanol–water partition coefficient (Wildman–Crippen LogP) is 10.8. The number of aryl methyl sites for hydroxylation is 2. The summed E-state index contributed by atoms with van der Waals surface area (Å²) in [5.74, 6) is 0.997. The lowest BCUT2D eigenvalue weighted by molar-refractivity contribution is 0.755. The van der Waals surface area contributed by atoms with Crippen molar-refractivity contribution in [3.05, 3.63) is 162 Å². The molecule has 4 heterocycles. The van der Waals surface area contributed by atoms with Crippen LogP contribution in [0.3, 0.4) is 0 Å². The second kappa shape index (κ2) is 12.3. The molecule has 1 aliphatic carbocycles. The van der Waals surface area contributed by atoms with Gasteiger partial charge in [-0.25, -0.2) is 9.97 Å². The Bertz CT molecular complexity index is 2580. The van der Waals surface area contributed by atoms with E-state index < -0.39 is 0 Å². The van der Waals surface area contributed by atoms with E-state index >= 15 is 0 Å². The van der Waals surface area contributed by atoms with E-state index in [2.05, 4.69) is 109 Å². The van der Waals surface area contributed by atoms with Gasteiger partial charge in [-0.2, -0.15) is 0 Å². The molecule has 50 heavy (non-hydrogen) atoms. The van der Waals surface area contributed by atoms with E-state index in [0.717, 1.165) is 95.7 Å². The monoisotopic (exact) mass is 643 g/mol. The first-order valence-corrected chi connectivity index (χ1v) is 17.0. The zero-order valence-corrected chi connectivity index (χ0v) is 27.9. The molecule has 1 atom stereocenters. The van der Waals surface area contributed by atoms with Gasteiger partial charge in [-0.05, 0) is 67.3 Å². The third-order valence-electron chi connectivity index (χ3n) is 9.57. The molecule has 0 spiro atoms. The maximum atomic E-state index is 5.17.